The van der Waals surface area contributed by atoms with E-state index >= 15 is 0 Å². The number of hydrogen-bond donors (Lipinski definition) is 2. The molecule has 0 spiro atoms. The van der Waals surface area contributed by atoms with Gasteiger partial charge in [0.05, 0.1) is 5.41 Å². The van der Waals surface area contributed by atoms with E-state index in [0.717, 1.165) is 32.1 Å². The van der Waals surface area contributed by atoms with Crippen LogP contribution in [0.4, 0.5) is 4.79 Å². The minimum Gasteiger partial charge on any atom is -0.481 e. The normalized spacial score (nSPS) is 17.6. The Kier molecular flexibility index (Phi) is 7.26. The number of nitrogens with one attached hydrogen (secondary N) is 1. The molecule has 0 aliphatic heterocycles. The first kappa shape index (κ1) is 17.5. The minimum atomic E-state index is -0.793. The van der Waals surface area contributed by atoms with Crippen LogP contribution in [-0.4, -0.2) is 41.6 Å². The van der Waals surface area contributed by atoms with Crippen molar-refractivity contribution in [2.75, 3.05) is 19.6 Å². The molecular formula is C16H28N2O3. The van der Waals surface area contributed by atoms with Crippen molar-refractivity contribution in [2.45, 2.75) is 51.9 Å². The Morgan fingerprint density at radius 1 is 1.29 bits per heavy atom. The molecule has 0 aromatic heterocycles. The summed E-state index contributed by atoms with van der Waals surface area (Å²) in [6, 6.07) is -0.193. The standard InChI is InChI=1S/C16H28N2O3/c1-3-11-18(12-4-2)15(21)17-13-16(14(19)20)9-7-5-6-8-10-16/h3H,1,4-13H2,2H3,(H,17,21)(H,19,20). The van der Waals surface area contributed by atoms with Crippen LogP contribution >= 0.6 is 0 Å². The lowest BCUT2D eigenvalue weighted by Crippen LogP contribution is -2.47. The lowest BCUT2D eigenvalue weighted by atomic mass is 9.80. The second kappa shape index (κ2) is 8.70. The van der Waals surface area contributed by atoms with Gasteiger partial charge in [-0.3, -0.25) is 4.79 Å². The van der Waals surface area contributed by atoms with Gasteiger partial charge < -0.3 is 15.3 Å². The van der Waals surface area contributed by atoms with Crippen LogP contribution in [0, 0.1) is 5.41 Å². The van der Waals surface area contributed by atoms with E-state index in [1.807, 2.05) is 6.92 Å². The van der Waals surface area contributed by atoms with Gasteiger partial charge in [-0.2, -0.15) is 0 Å². The molecule has 0 bridgehead atoms. The molecule has 0 radical (unpaired) electrons. The van der Waals surface area contributed by atoms with E-state index in [-0.39, 0.29) is 12.6 Å². The fraction of sp³-hybridized carbons (Fsp3) is 0.750. The van der Waals surface area contributed by atoms with E-state index in [2.05, 4.69) is 11.9 Å². The minimum absolute atomic E-state index is 0.193. The topological polar surface area (TPSA) is 69.6 Å². The summed E-state index contributed by atoms with van der Waals surface area (Å²) in [7, 11) is 0. The van der Waals surface area contributed by atoms with Gasteiger partial charge in [-0.05, 0) is 19.3 Å². The van der Waals surface area contributed by atoms with Crippen LogP contribution in [0.1, 0.15) is 51.9 Å². The Hall–Kier alpha value is -1.52. The molecule has 0 atom stereocenters. The first-order valence-electron chi connectivity index (χ1n) is 7.93. The van der Waals surface area contributed by atoms with E-state index in [4.69, 9.17) is 0 Å². The van der Waals surface area contributed by atoms with Crippen molar-refractivity contribution in [3.8, 4) is 0 Å². The van der Waals surface area contributed by atoms with Crippen LogP contribution in [-0.2, 0) is 4.79 Å². The molecule has 0 saturated heterocycles. The summed E-state index contributed by atoms with van der Waals surface area (Å²) in [6.07, 6.45) is 7.87. The van der Waals surface area contributed by atoms with Gasteiger partial charge in [-0.15, -0.1) is 6.58 Å². The molecule has 1 fully saturated rings. The van der Waals surface area contributed by atoms with Crippen LogP contribution < -0.4 is 5.32 Å². The number of carboxylic acids is 1. The first-order chi connectivity index (χ1) is 10.1. The summed E-state index contributed by atoms with van der Waals surface area (Å²) in [5, 5.41) is 12.4. The van der Waals surface area contributed by atoms with Gasteiger partial charge in [0.1, 0.15) is 0 Å². The van der Waals surface area contributed by atoms with Crippen LogP contribution in [0.2, 0.25) is 0 Å². The lowest BCUT2D eigenvalue weighted by molar-refractivity contribution is -0.149. The molecule has 5 nitrogen and oxygen atoms in total. The molecule has 21 heavy (non-hydrogen) atoms. The van der Waals surface area contributed by atoms with Crippen LogP contribution in [0.5, 0.6) is 0 Å². The zero-order valence-corrected chi connectivity index (χ0v) is 13.1. The molecule has 0 aromatic rings. The molecule has 120 valence electrons. The largest absolute Gasteiger partial charge is 0.481 e. The summed E-state index contributed by atoms with van der Waals surface area (Å²) >= 11 is 0. The SMILES string of the molecule is C=CCN(CCC)C(=O)NCC1(C(=O)O)CCCCCC1. The number of aliphatic carboxylic acids is 1. The molecular weight excluding hydrogens is 268 g/mol. The zero-order valence-electron chi connectivity index (χ0n) is 13.1. The number of carbonyl (C=O) groups is 2. The van der Waals surface area contributed by atoms with Crippen molar-refractivity contribution in [3.63, 3.8) is 0 Å². The lowest BCUT2D eigenvalue weighted by Gasteiger charge is -2.30. The molecule has 2 N–H and O–H groups in total. The highest BCUT2D eigenvalue weighted by Crippen LogP contribution is 2.34. The van der Waals surface area contributed by atoms with Gasteiger partial charge in [0, 0.05) is 19.6 Å². The number of urea groups is 1. The number of nitrogens with zero attached hydrogens (tertiary/aromatic N) is 1. The van der Waals surface area contributed by atoms with Crippen molar-refractivity contribution in [1.29, 1.82) is 0 Å². The molecule has 5 heteroatoms. The van der Waals surface area contributed by atoms with Gasteiger partial charge in [-0.25, -0.2) is 4.79 Å². The van der Waals surface area contributed by atoms with Gasteiger partial charge >= 0.3 is 12.0 Å². The molecule has 0 heterocycles. The Labute approximate surface area is 127 Å². The summed E-state index contributed by atoms with van der Waals surface area (Å²) in [5.74, 6) is -0.782. The summed E-state index contributed by atoms with van der Waals surface area (Å²) in [5.41, 5.74) is -0.793. The average molecular weight is 296 g/mol. The predicted octanol–water partition coefficient (Wildman–Crippen LogP) is 3.02. The maximum Gasteiger partial charge on any atom is 0.317 e. The molecule has 1 aliphatic rings. The average Bonchev–Trinajstić information content (AvgIpc) is 2.71. The number of rotatable bonds is 7. The van der Waals surface area contributed by atoms with Crippen LogP contribution in [0.15, 0.2) is 12.7 Å². The maximum absolute atomic E-state index is 12.2. The third-order valence-corrected chi connectivity index (χ3v) is 4.22. The van der Waals surface area contributed by atoms with Crippen molar-refractivity contribution >= 4 is 12.0 Å². The van der Waals surface area contributed by atoms with E-state index in [1.165, 1.54) is 0 Å². The van der Waals surface area contributed by atoms with Crippen molar-refractivity contribution in [1.82, 2.24) is 10.2 Å². The van der Waals surface area contributed by atoms with Gasteiger partial charge in [0.15, 0.2) is 0 Å². The highest BCUT2D eigenvalue weighted by molar-refractivity contribution is 5.78. The molecule has 1 aliphatic carbocycles. The summed E-state index contributed by atoms with van der Waals surface area (Å²) < 4.78 is 0. The third-order valence-electron chi connectivity index (χ3n) is 4.22. The van der Waals surface area contributed by atoms with E-state index in [9.17, 15) is 14.7 Å². The number of carboxylic acid groups (broad SMARTS) is 1. The maximum atomic E-state index is 12.2. The monoisotopic (exact) mass is 296 g/mol. The summed E-state index contributed by atoms with van der Waals surface area (Å²) in [6.45, 7) is 7.02. The van der Waals surface area contributed by atoms with E-state index < -0.39 is 11.4 Å². The Morgan fingerprint density at radius 2 is 1.90 bits per heavy atom. The Morgan fingerprint density at radius 3 is 2.38 bits per heavy atom. The molecule has 1 rings (SSSR count). The van der Waals surface area contributed by atoms with Crippen molar-refractivity contribution < 1.29 is 14.7 Å². The Bertz CT molecular complexity index is 361. The van der Waals surface area contributed by atoms with E-state index in [0.29, 0.717) is 25.9 Å². The third kappa shape index (κ3) is 5.06. The van der Waals surface area contributed by atoms with Gasteiger partial charge in [0.25, 0.3) is 0 Å². The quantitative estimate of drug-likeness (QED) is 0.560. The first-order valence-corrected chi connectivity index (χ1v) is 7.93. The molecule has 0 aromatic carbocycles. The van der Waals surface area contributed by atoms with Crippen LogP contribution in [0.25, 0.3) is 0 Å². The van der Waals surface area contributed by atoms with Crippen molar-refractivity contribution in [2.24, 2.45) is 5.41 Å². The number of hydrogen-bond acceptors (Lipinski definition) is 2. The number of carbonyl (C=O) groups excluding carboxylic acids is 1. The second-order valence-electron chi connectivity index (χ2n) is 5.89. The molecule has 0 unspecified atom stereocenters. The zero-order chi connectivity index (χ0) is 15.7. The molecule has 1 saturated carbocycles. The smallest absolute Gasteiger partial charge is 0.317 e. The summed E-state index contributed by atoms with van der Waals surface area (Å²) in [4.78, 5) is 25.5. The fourth-order valence-electron chi connectivity index (χ4n) is 2.93. The highest BCUT2D eigenvalue weighted by atomic mass is 16.4. The predicted molar refractivity (Wildman–Crippen MR) is 83.2 cm³/mol. The highest BCUT2D eigenvalue weighted by Gasteiger charge is 2.39. The number of amides is 2. The Balaban J connectivity index is 2.65. The molecule has 2 amide bonds. The van der Waals surface area contributed by atoms with Gasteiger partial charge in [-0.1, -0.05) is 38.7 Å². The van der Waals surface area contributed by atoms with E-state index in [1.54, 1.807) is 11.0 Å². The second-order valence-corrected chi connectivity index (χ2v) is 5.89. The van der Waals surface area contributed by atoms with Crippen LogP contribution in [0.3, 0.4) is 0 Å². The fourth-order valence-corrected chi connectivity index (χ4v) is 2.93. The van der Waals surface area contributed by atoms with Crippen molar-refractivity contribution in [3.05, 3.63) is 12.7 Å². The van der Waals surface area contributed by atoms with Gasteiger partial charge in [0.2, 0.25) is 0 Å².